The number of H-pyrrole nitrogens is 1. The molecule has 3 aromatic rings. The lowest BCUT2D eigenvalue weighted by molar-refractivity contribution is -0.116. The number of nitrogens with one attached hydrogen (secondary N) is 2. The van der Waals surface area contributed by atoms with Crippen molar-refractivity contribution in [1.82, 2.24) is 9.88 Å². The monoisotopic (exact) mass is 349 g/mol. The second-order valence-corrected chi connectivity index (χ2v) is 6.80. The van der Waals surface area contributed by atoms with Crippen LogP contribution in [0.15, 0.2) is 42.5 Å². The second-order valence-electron chi connectivity index (χ2n) is 6.80. The first-order chi connectivity index (χ1) is 12.3. The predicted octanol–water partition coefficient (Wildman–Crippen LogP) is 3.80. The Morgan fingerprint density at radius 1 is 1.00 bits per heavy atom. The highest BCUT2D eigenvalue weighted by molar-refractivity contribution is 6.01. The van der Waals surface area contributed by atoms with Crippen LogP contribution in [0.25, 0.3) is 10.9 Å². The zero-order chi connectivity index (χ0) is 18.8. The Morgan fingerprint density at radius 3 is 2.38 bits per heavy atom. The number of aromatic amines is 1. The zero-order valence-corrected chi connectivity index (χ0v) is 15.5. The van der Waals surface area contributed by atoms with Crippen LogP contribution in [0.2, 0.25) is 0 Å². The van der Waals surface area contributed by atoms with E-state index in [4.69, 9.17) is 0 Å². The van der Waals surface area contributed by atoms with Gasteiger partial charge in [-0.25, -0.2) is 0 Å². The number of amides is 2. The molecule has 0 saturated carbocycles. The van der Waals surface area contributed by atoms with Gasteiger partial charge < -0.3 is 15.2 Å². The smallest absolute Gasteiger partial charge is 0.270 e. The van der Waals surface area contributed by atoms with Crippen LogP contribution in [0, 0.1) is 20.8 Å². The number of anilines is 1. The van der Waals surface area contributed by atoms with Crippen molar-refractivity contribution >= 4 is 28.4 Å². The lowest BCUT2D eigenvalue weighted by atomic mass is 10.1. The van der Waals surface area contributed by atoms with Gasteiger partial charge in [0.1, 0.15) is 5.69 Å². The Kier molecular flexibility index (Phi) is 4.80. The van der Waals surface area contributed by atoms with Crippen LogP contribution in [0.4, 0.5) is 5.69 Å². The summed E-state index contributed by atoms with van der Waals surface area (Å²) >= 11 is 0. The van der Waals surface area contributed by atoms with Gasteiger partial charge in [0, 0.05) is 23.6 Å². The van der Waals surface area contributed by atoms with Crippen molar-refractivity contribution in [2.24, 2.45) is 0 Å². The van der Waals surface area contributed by atoms with E-state index in [1.165, 1.54) is 4.90 Å². The minimum atomic E-state index is -0.229. The average Bonchev–Trinajstić information content (AvgIpc) is 3.00. The Balaban J connectivity index is 1.70. The fourth-order valence-electron chi connectivity index (χ4n) is 3.04. The third-order valence-electron chi connectivity index (χ3n) is 4.38. The van der Waals surface area contributed by atoms with Crippen molar-refractivity contribution in [3.8, 4) is 0 Å². The highest BCUT2D eigenvalue weighted by atomic mass is 16.2. The molecule has 0 radical (unpaired) electrons. The zero-order valence-electron chi connectivity index (χ0n) is 15.5. The molecule has 1 heterocycles. The first-order valence-electron chi connectivity index (χ1n) is 8.55. The van der Waals surface area contributed by atoms with Gasteiger partial charge in [-0.15, -0.1) is 0 Å². The van der Waals surface area contributed by atoms with Gasteiger partial charge in [-0.05, 0) is 56.2 Å². The highest BCUT2D eigenvalue weighted by Gasteiger charge is 2.17. The standard InChI is InChI=1S/C21H23N3O2/c1-13-5-7-16(8-6-13)22-20(25)12-24(4)21(26)19-11-17-15(3)9-14(2)10-18(17)23-19/h5-11,23H,12H2,1-4H3,(H,22,25). The molecule has 5 nitrogen and oxygen atoms in total. The summed E-state index contributed by atoms with van der Waals surface area (Å²) < 4.78 is 0. The highest BCUT2D eigenvalue weighted by Crippen LogP contribution is 2.22. The SMILES string of the molecule is Cc1ccc(NC(=O)CN(C)C(=O)c2cc3c(C)cc(C)cc3[nH]2)cc1. The number of fused-ring (bicyclic) bond motifs is 1. The van der Waals surface area contributed by atoms with E-state index in [0.29, 0.717) is 5.69 Å². The maximum Gasteiger partial charge on any atom is 0.270 e. The molecule has 3 rings (SSSR count). The van der Waals surface area contributed by atoms with Crippen LogP contribution in [-0.4, -0.2) is 35.3 Å². The number of aryl methyl sites for hydroxylation is 3. The number of rotatable bonds is 4. The maximum atomic E-state index is 12.7. The largest absolute Gasteiger partial charge is 0.351 e. The van der Waals surface area contributed by atoms with Gasteiger partial charge in [0.05, 0.1) is 6.54 Å². The summed E-state index contributed by atoms with van der Waals surface area (Å²) in [5, 5.41) is 3.83. The number of benzene rings is 2. The molecule has 26 heavy (non-hydrogen) atoms. The first-order valence-corrected chi connectivity index (χ1v) is 8.55. The molecule has 2 N–H and O–H groups in total. The van der Waals surface area contributed by atoms with E-state index in [1.54, 1.807) is 7.05 Å². The van der Waals surface area contributed by atoms with Crippen LogP contribution in [0.1, 0.15) is 27.2 Å². The van der Waals surface area contributed by atoms with Gasteiger partial charge in [0.25, 0.3) is 5.91 Å². The molecule has 134 valence electrons. The predicted molar refractivity (Wildman–Crippen MR) is 105 cm³/mol. The normalized spacial score (nSPS) is 10.8. The van der Waals surface area contributed by atoms with E-state index in [2.05, 4.69) is 16.4 Å². The average molecular weight is 349 g/mol. The van der Waals surface area contributed by atoms with Crippen molar-refractivity contribution in [2.45, 2.75) is 20.8 Å². The summed E-state index contributed by atoms with van der Waals surface area (Å²) in [4.78, 5) is 29.4. The second kappa shape index (κ2) is 7.04. The number of carbonyl (C=O) groups is 2. The summed E-state index contributed by atoms with van der Waals surface area (Å²) in [6, 6.07) is 13.5. The third kappa shape index (κ3) is 3.77. The summed E-state index contributed by atoms with van der Waals surface area (Å²) in [5.74, 6) is -0.440. The Morgan fingerprint density at radius 2 is 1.69 bits per heavy atom. The van der Waals surface area contributed by atoms with Crippen LogP contribution in [0.5, 0.6) is 0 Å². The van der Waals surface area contributed by atoms with Crippen LogP contribution < -0.4 is 5.32 Å². The minimum absolute atomic E-state index is 0.0138. The molecule has 0 aliphatic heterocycles. The molecular weight excluding hydrogens is 326 g/mol. The summed E-state index contributed by atoms with van der Waals surface area (Å²) in [6.07, 6.45) is 0. The fourth-order valence-corrected chi connectivity index (χ4v) is 3.04. The molecule has 1 aromatic heterocycles. The molecule has 0 fully saturated rings. The molecule has 0 atom stereocenters. The molecule has 0 unspecified atom stereocenters. The number of likely N-dealkylation sites (N-methyl/N-ethyl adjacent to an activating group) is 1. The number of hydrogen-bond acceptors (Lipinski definition) is 2. The lowest BCUT2D eigenvalue weighted by Gasteiger charge is -2.16. The van der Waals surface area contributed by atoms with E-state index < -0.39 is 0 Å². The van der Waals surface area contributed by atoms with E-state index in [0.717, 1.165) is 33.3 Å². The van der Waals surface area contributed by atoms with Gasteiger partial charge in [0.15, 0.2) is 0 Å². The molecule has 0 saturated heterocycles. The van der Waals surface area contributed by atoms with Crippen LogP contribution in [-0.2, 0) is 4.79 Å². The van der Waals surface area contributed by atoms with E-state index in [1.807, 2.05) is 57.2 Å². The number of nitrogens with zero attached hydrogens (tertiary/aromatic N) is 1. The Bertz CT molecular complexity index is 971. The van der Waals surface area contributed by atoms with Gasteiger partial charge in [-0.1, -0.05) is 23.8 Å². The summed E-state index contributed by atoms with van der Waals surface area (Å²) in [5.41, 5.74) is 5.53. The van der Waals surface area contributed by atoms with Crippen LogP contribution >= 0.6 is 0 Å². The Labute approximate surface area is 153 Å². The van der Waals surface area contributed by atoms with Crippen molar-refractivity contribution in [2.75, 3.05) is 18.9 Å². The molecule has 2 aromatic carbocycles. The van der Waals surface area contributed by atoms with Crippen molar-refractivity contribution in [3.05, 3.63) is 64.8 Å². The van der Waals surface area contributed by atoms with Gasteiger partial charge in [-0.3, -0.25) is 9.59 Å². The van der Waals surface area contributed by atoms with E-state index in [9.17, 15) is 9.59 Å². The fraction of sp³-hybridized carbons (Fsp3) is 0.238. The topological polar surface area (TPSA) is 65.2 Å². The number of aromatic nitrogens is 1. The molecule has 0 spiro atoms. The molecule has 0 aliphatic carbocycles. The summed E-state index contributed by atoms with van der Waals surface area (Å²) in [7, 11) is 1.63. The third-order valence-corrected chi connectivity index (χ3v) is 4.38. The molecule has 0 bridgehead atoms. The van der Waals surface area contributed by atoms with Crippen LogP contribution in [0.3, 0.4) is 0 Å². The van der Waals surface area contributed by atoms with Crippen molar-refractivity contribution in [3.63, 3.8) is 0 Å². The van der Waals surface area contributed by atoms with E-state index >= 15 is 0 Å². The maximum absolute atomic E-state index is 12.7. The first kappa shape index (κ1) is 17.7. The van der Waals surface area contributed by atoms with Gasteiger partial charge in [-0.2, -0.15) is 0 Å². The van der Waals surface area contributed by atoms with Crippen molar-refractivity contribution in [1.29, 1.82) is 0 Å². The molecular formula is C21H23N3O2. The molecule has 0 aliphatic rings. The van der Waals surface area contributed by atoms with Gasteiger partial charge in [0.2, 0.25) is 5.91 Å². The van der Waals surface area contributed by atoms with Crippen molar-refractivity contribution < 1.29 is 9.59 Å². The van der Waals surface area contributed by atoms with E-state index in [-0.39, 0.29) is 18.4 Å². The van der Waals surface area contributed by atoms with Gasteiger partial charge >= 0.3 is 0 Å². The molecule has 5 heteroatoms. The molecule has 2 amide bonds. The lowest BCUT2D eigenvalue weighted by Crippen LogP contribution is -2.35. The minimum Gasteiger partial charge on any atom is -0.351 e. The Hall–Kier alpha value is -3.08. The number of hydrogen-bond donors (Lipinski definition) is 2. The number of carbonyl (C=O) groups excluding carboxylic acids is 2. The summed E-state index contributed by atoms with van der Waals surface area (Å²) in [6.45, 7) is 6.02. The quantitative estimate of drug-likeness (QED) is 0.752.